The topological polar surface area (TPSA) is 63.6 Å². The van der Waals surface area contributed by atoms with Crippen molar-refractivity contribution < 1.29 is 19.0 Å². The van der Waals surface area contributed by atoms with Crippen LogP contribution in [0, 0.1) is 0 Å². The zero-order valence-electron chi connectivity index (χ0n) is 10.2. The van der Waals surface area contributed by atoms with Crippen molar-refractivity contribution in [2.75, 3.05) is 0 Å². The van der Waals surface area contributed by atoms with Gasteiger partial charge >= 0.3 is 5.97 Å². The third kappa shape index (κ3) is 5.16. The van der Waals surface area contributed by atoms with Gasteiger partial charge in [-0.3, -0.25) is 4.57 Å². The van der Waals surface area contributed by atoms with Crippen LogP contribution in [-0.2, 0) is 15.5 Å². The van der Waals surface area contributed by atoms with Crippen molar-refractivity contribution in [3.8, 4) is 0 Å². The predicted molar refractivity (Wildman–Crippen MR) is 66.5 cm³/mol. The second-order valence-corrected chi connectivity index (χ2v) is 5.91. The van der Waals surface area contributed by atoms with Gasteiger partial charge in [0.25, 0.3) is 0 Å². The molecule has 0 spiro atoms. The Morgan fingerprint density at radius 1 is 1.29 bits per heavy atom. The van der Waals surface area contributed by atoms with E-state index in [1.165, 1.54) is 0 Å². The third-order valence-corrected chi connectivity index (χ3v) is 2.65. The number of rotatable bonds is 3. The van der Waals surface area contributed by atoms with Gasteiger partial charge < -0.3 is 9.63 Å². The highest BCUT2D eigenvalue weighted by Crippen LogP contribution is 2.21. The lowest BCUT2D eigenvalue weighted by Gasteiger charge is -2.19. The molecule has 1 atom stereocenters. The van der Waals surface area contributed by atoms with Gasteiger partial charge in [0.1, 0.15) is 5.60 Å². The summed E-state index contributed by atoms with van der Waals surface area (Å²) < 4.78 is 15.9. The molecule has 1 unspecified atom stereocenters. The first-order valence-corrected chi connectivity index (χ1v) is 6.88. The number of esters is 1. The minimum absolute atomic E-state index is 0.138. The van der Waals surface area contributed by atoms with Crippen LogP contribution in [0.1, 0.15) is 36.7 Å². The summed E-state index contributed by atoms with van der Waals surface area (Å²) in [5, 5.41) is 0. The first-order valence-electron chi connectivity index (χ1n) is 5.32. The molecular formula is C12H17O4P. The molecule has 0 bridgehead atoms. The van der Waals surface area contributed by atoms with E-state index in [0.717, 1.165) is 5.56 Å². The van der Waals surface area contributed by atoms with E-state index in [-0.39, 0.29) is 12.1 Å². The Hall–Kier alpha value is -1.12. The average molecular weight is 256 g/mol. The van der Waals surface area contributed by atoms with Crippen molar-refractivity contribution in [2.24, 2.45) is 0 Å². The maximum Gasteiger partial charge on any atom is 0.338 e. The number of carbonyl (C=O) groups excluding carboxylic acids is 1. The SMILES string of the molecule is CC(C)(C)OC(=O)c1ccc(C[PH](=O)O)cc1. The lowest BCUT2D eigenvalue weighted by molar-refractivity contribution is 0.00695. The monoisotopic (exact) mass is 256 g/mol. The molecule has 1 N–H and O–H groups in total. The van der Waals surface area contributed by atoms with Crippen LogP contribution in [0.3, 0.4) is 0 Å². The van der Waals surface area contributed by atoms with Crippen LogP contribution in [0.15, 0.2) is 24.3 Å². The van der Waals surface area contributed by atoms with Crippen molar-refractivity contribution in [1.82, 2.24) is 0 Å². The van der Waals surface area contributed by atoms with E-state index in [0.29, 0.717) is 5.56 Å². The Morgan fingerprint density at radius 3 is 2.24 bits per heavy atom. The van der Waals surface area contributed by atoms with Gasteiger partial charge in [0.2, 0.25) is 0 Å². The summed E-state index contributed by atoms with van der Waals surface area (Å²) in [6.07, 6.45) is 0.138. The molecule has 5 heteroatoms. The molecule has 1 aromatic rings. The van der Waals surface area contributed by atoms with E-state index < -0.39 is 13.6 Å². The molecule has 94 valence electrons. The molecule has 0 aromatic heterocycles. The summed E-state index contributed by atoms with van der Waals surface area (Å²) in [5.41, 5.74) is 0.663. The zero-order chi connectivity index (χ0) is 13.1. The third-order valence-electron chi connectivity index (χ3n) is 1.94. The van der Waals surface area contributed by atoms with Crippen LogP contribution in [0.25, 0.3) is 0 Å². The van der Waals surface area contributed by atoms with E-state index in [1.807, 2.05) is 0 Å². The second kappa shape index (κ2) is 5.48. The normalized spacial score (nSPS) is 13.2. The van der Waals surface area contributed by atoms with Crippen LogP contribution in [-0.4, -0.2) is 16.5 Å². The maximum absolute atomic E-state index is 11.7. The summed E-state index contributed by atoms with van der Waals surface area (Å²) in [7, 11) is -2.51. The molecule has 0 heterocycles. The fraction of sp³-hybridized carbons (Fsp3) is 0.417. The molecule has 0 aliphatic heterocycles. The van der Waals surface area contributed by atoms with Crippen LogP contribution >= 0.6 is 8.03 Å². The van der Waals surface area contributed by atoms with Crippen LogP contribution < -0.4 is 0 Å². The van der Waals surface area contributed by atoms with Crippen molar-refractivity contribution in [2.45, 2.75) is 32.5 Å². The van der Waals surface area contributed by atoms with Crippen LogP contribution in [0.5, 0.6) is 0 Å². The fourth-order valence-electron chi connectivity index (χ4n) is 1.27. The molecule has 0 saturated heterocycles. The number of carbonyl (C=O) groups is 1. The van der Waals surface area contributed by atoms with Crippen molar-refractivity contribution in [1.29, 1.82) is 0 Å². The largest absolute Gasteiger partial charge is 0.456 e. The van der Waals surface area contributed by atoms with Crippen LogP contribution in [0.2, 0.25) is 0 Å². The highest BCUT2D eigenvalue weighted by atomic mass is 31.1. The molecule has 0 fully saturated rings. The van der Waals surface area contributed by atoms with Gasteiger partial charge in [-0.15, -0.1) is 0 Å². The van der Waals surface area contributed by atoms with Crippen LogP contribution in [0.4, 0.5) is 0 Å². The summed E-state index contributed by atoms with van der Waals surface area (Å²) in [6.45, 7) is 5.41. The Balaban J connectivity index is 2.74. The minimum Gasteiger partial charge on any atom is -0.456 e. The molecule has 17 heavy (non-hydrogen) atoms. The highest BCUT2D eigenvalue weighted by Gasteiger charge is 2.17. The lowest BCUT2D eigenvalue weighted by atomic mass is 10.1. The van der Waals surface area contributed by atoms with E-state index in [4.69, 9.17) is 9.63 Å². The van der Waals surface area contributed by atoms with Gasteiger partial charge in [-0.2, -0.15) is 0 Å². The van der Waals surface area contributed by atoms with Gasteiger partial charge in [-0.1, -0.05) is 12.1 Å². The highest BCUT2D eigenvalue weighted by molar-refractivity contribution is 7.37. The van der Waals surface area contributed by atoms with Gasteiger partial charge in [0.15, 0.2) is 8.03 Å². The average Bonchev–Trinajstić information content (AvgIpc) is 2.15. The first kappa shape index (κ1) is 13.9. The lowest BCUT2D eigenvalue weighted by Crippen LogP contribution is -2.23. The number of hydrogen-bond acceptors (Lipinski definition) is 3. The molecule has 0 aliphatic carbocycles. The minimum atomic E-state index is -2.51. The molecule has 4 nitrogen and oxygen atoms in total. The van der Waals surface area contributed by atoms with Gasteiger partial charge in [-0.25, -0.2) is 4.79 Å². The van der Waals surface area contributed by atoms with E-state index in [1.54, 1.807) is 45.0 Å². The molecule has 0 radical (unpaired) electrons. The Bertz CT molecular complexity index is 417. The van der Waals surface area contributed by atoms with Gasteiger partial charge in [-0.05, 0) is 38.5 Å². The Morgan fingerprint density at radius 2 is 1.82 bits per heavy atom. The standard InChI is InChI=1S/C12H17O4P/c1-12(2,3)16-11(13)10-6-4-9(5-7-10)8-17(14)15/h4-7,17H,8H2,1-3H3,(H,14,15). The Labute approximate surface area is 101 Å². The van der Waals surface area contributed by atoms with Crippen molar-refractivity contribution >= 4 is 14.0 Å². The smallest absolute Gasteiger partial charge is 0.338 e. The summed E-state index contributed by atoms with van der Waals surface area (Å²) >= 11 is 0. The quantitative estimate of drug-likeness (QED) is 0.667. The predicted octanol–water partition coefficient (Wildman–Crippen LogP) is 2.61. The Kier molecular flexibility index (Phi) is 4.49. The van der Waals surface area contributed by atoms with E-state index in [9.17, 15) is 9.36 Å². The second-order valence-electron chi connectivity index (χ2n) is 4.77. The maximum atomic E-state index is 11.7. The molecular weight excluding hydrogens is 239 g/mol. The van der Waals surface area contributed by atoms with Crippen molar-refractivity contribution in [3.63, 3.8) is 0 Å². The van der Waals surface area contributed by atoms with Crippen molar-refractivity contribution in [3.05, 3.63) is 35.4 Å². The zero-order valence-corrected chi connectivity index (χ0v) is 11.2. The molecule has 1 rings (SSSR count). The number of benzene rings is 1. The number of ether oxygens (including phenoxy) is 1. The van der Waals surface area contributed by atoms with Gasteiger partial charge in [0, 0.05) is 6.16 Å². The summed E-state index contributed by atoms with van der Waals surface area (Å²) in [6, 6.07) is 6.54. The molecule has 0 amide bonds. The van der Waals surface area contributed by atoms with E-state index >= 15 is 0 Å². The molecule has 1 aromatic carbocycles. The van der Waals surface area contributed by atoms with Gasteiger partial charge in [0.05, 0.1) is 5.56 Å². The molecule has 0 saturated carbocycles. The summed E-state index contributed by atoms with van der Waals surface area (Å²) in [4.78, 5) is 20.5. The number of hydrogen-bond donors (Lipinski definition) is 1. The first-order chi connectivity index (χ1) is 7.78. The fourth-order valence-corrected chi connectivity index (χ4v) is 1.86. The summed E-state index contributed by atoms with van der Waals surface area (Å²) in [5.74, 6) is -0.388. The molecule has 0 aliphatic rings. The van der Waals surface area contributed by atoms with E-state index in [2.05, 4.69) is 0 Å².